The number of aromatic nitrogens is 3. The summed E-state index contributed by atoms with van der Waals surface area (Å²) in [6, 6.07) is 5.34. The number of amides is 1. The molecule has 3 rings (SSSR count). The highest BCUT2D eigenvalue weighted by molar-refractivity contribution is 6.04. The molecule has 0 bridgehead atoms. The fraction of sp³-hybridized carbons (Fsp3) is 0.438. The van der Waals surface area contributed by atoms with Gasteiger partial charge >= 0.3 is 0 Å². The molecule has 7 nitrogen and oxygen atoms in total. The molecule has 0 atom stereocenters. The van der Waals surface area contributed by atoms with Crippen LogP contribution in [-0.4, -0.2) is 39.1 Å². The van der Waals surface area contributed by atoms with Crippen molar-refractivity contribution < 1.29 is 9.90 Å². The van der Waals surface area contributed by atoms with Crippen molar-refractivity contribution in [3.8, 4) is 5.75 Å². The molecular weight excluding hydrogens is 330 g/mol. The molecule has 3 N–H and O–H groups in total. The molecule has 2 aromatic rings. The maximum atomic E-state index is 12.4. The highest BCUT2D eigenvalue weighted by atomic mass is 35.5. The zero-order chi connectivity index (χ0) is 16.4. The summed E-state index contributed by atoms with van der Waals surface area (Å²) >= 11 is 0. The molecule has 1 amide bonds. The molecule has 24 heavy (non-hydrogen) atoms. The Morgan fingerprint density at radius 1 is 1.33 bits per heavy atom. The van der Waals surface area contributed by atoms with Gasteiger partial charge in [-0.25, -0.2) is 4.68 Å². The smallest absolute Gasteiger partial charge is 0.278 e. The zero-order valence-corrected chi connectivity index (χ0v) is 14.6. The van der Waals surface area contributed by atoms with Gasteiger partial charge in [-0.2, -0.15) is 0 Å². The summed E-state index contributed by atoms with van der Waals surface area (Å²) in [4.78, 5) is 12.4. The van der Waals surface area contributed by atoms with E-state index in [-0.39, 0.29) is 30.1 Å². The van der Waals surface area contributed by atoms with E-state index in [1.54, 1.807) is 18.2 Å². The van der Waals surface area contributed by atoms with Crippen molar-refractivity contribution in [2.45, 2.75) is 32.7 Å². The molecule has 1 aliphatic heterocycles. The van der Waals surface area contributed by atoms with Crippen LogP contribution in [0, 0.1) is 13.8 Å². The Hall–Kier alpha value is -2.12. The molecule has 0 unspecified atom stereocenters. The van der Waals surface area contributed by atoms with Crippen molar-refractivity contribution in [2.75, 3.05) is 18.4 Å². The van der Waals surface area contributed by atoms with Crippen molar-refractivity contribution in [1.29, 1.82) is 0 Å². The van der Waals surface area contributed by atoms with Gasteiger partial charge in [0.1, 0.15) is 5.75 Å². The number of anilines is 1. The molecule has 1 aromatic carbocycles. The molecule has 0 spiro atoms. The molecule has 1 fully saturated rings. The summed E-state index contributed by atoms with van der Waals surface area (Å²) in [6.07, 6.45) is 1.95. The molecule has 1 saturated heterocycles. The van der Waals surface area contributed by atoms with Crippen molar-refractivity contribution in [3.63, 3.8) is 0 Å². The lowest BCUT2D eigenvalue weighted by Gasteiger charge is -2.23. The maximum absolute atomic E-state index is 12.4. The van der Waals surface area contributed by atoms with E-state index in [9.17, 15) is 9.90 Å². The zero-order valence-electron chi connectivity index (χ0n) is 13.7. The van der Waals surface area contributed by atoms with E-state index in [1.807, 2.05) is 18.5 Å². The first-order valence-electron chi connectivity index (χ1n) is 7.79. The third-order valence-corrected chi connectivity index (χ3v) is 4.20. The number of piperidine rings is 1. The van der Waals surface area contributed by atoms with Gasteiger partial charge in [0.15, 0.2) is 5.69 Å². The van der Waals surface area contributed by atoms with E-state index in [0.717, 1.165) is 37.2 Å². The number of benzene rings is 1. The maximum Gasteiger partial charge on any atom is 0.278 e. The van der Waals surface area contributed by atoms with Crippen LogP contribution in [0.3, 0.4) is 0 Å². The lowest BCUT2D eigenvalue weighted by atomic mass is 10.1. The Morgan fingerprint density at radius 2 is 2.04 bits per heavy atom. The number of halogens is 1. The van der Waals surface area contributed by atoms with E-state index in [2.05, 4.69) is 20.9 Å². The molecule has 2 heterocycles. The van der Waals surface area contributed by atoms with Gasteiger partial charge in [-0.3, -0.25) is 4.79 Å². The molecule has 8 heteroatoms. The number of hydrogen-bond acceptors (Lipinski definition) is 5. The molecule has 1 aromatic heterocycles. The van der Waals surface area contributed by atoms with Gasteiger partial charge in [0.25, 0.3) is 5.91 Å². The first kappa shape index (κ1) is 18.2. The standard InChI is InChI=1S/C16H21N5O2.ClH/c1-10-3-4-14(22)13(9-10)18-16(23)15-11(2)21(20-19-15)12-5-7-17-8-6-12;/h3-4,9,12,17,22H,5-8H2,1-2H3,(H,18,23);1H. The average Bonchev–Trinajstić information content (AvgIpc) is 2.93. The van der Waals surface area contributed by atoms with Crippen molar-refractivity contribution in [3.05, 3.63) is 35.2 Å². The first-order valence-corrected chi connectivity index (χ1v) is 7.79. The lowest BCUT2D eigenvalue weighted by Crippen LogP contribution is -2.30. The van der Waals surface area contributed by atoms with Gasteiger partial charge in [-0.15, -0.1) is 17.5 Å². The quantitative estimate of drug-likeness (QED) is 0.737. The van der Waals surface area contributed by atoms with Crippen LogP contribution in [0.5, 0.6) is 5.75 Å². The predicted molar refractivity (Wildman–Crippen MR) is 93.9 cm³/mol. The minimum Gasteiger partial charge on any atom is -0.506 e. The number of hydrogen-bond donors (Lipinski definition) is 3. The second-order valence-corrected chi connectivity index (χ2v) is 5.92. The SMILES string of the molecule is Cc1ccc(O)c(NC(=O)c2nnn(C3CCNCC3)c2C)c1.Cl. The Kier molecular flexibility index (Phi) is 5.80. The number of rotatable bonds is 3. The number of phenols is 1. The number of nitrogens with zero attached hydrogens (tertiary/aromatic N) is 3. The molecule has 130 valence electrons. The summed E-state index contributed by atoms with van der Waals surface area (Å²) in [5.41, 5.74) is 2.38. The highest BCUT2D eigenvalue weighted by Crippen LogP contribution is 2.25. The monoisotopic (exact) mass is 351 g/mol. The highest BCUT2D eigenvalue weighted by Gasteiger charge is 2.23. The number of aromatic hydroxyl groups is 1. The molecule has 0 saturated carbocycles. The summed E-state index contributed by atoms with van der Waals surface area (Å²) in [5.74, 6) is -0.323. The number of phenolic OH excluding ortho intramolecular Hbond substituents is 1. The van der Waals surface area contributed by atoms with Gasteiger partial charge < -0.3 is 15.7 Å². The Morgan fingerprint density at radius 3 is 2.75 bits per heavy atom. The lowest BCUT2D eigenvalue weighted by molar-refractivity contribution is 0.102. The van der Waals surface area contributed by atoms with Gasteiger partial charge in [0, 0.05) is 0 Å². The predicted octanol–water partition coefficient (Wildman–Crippen LogP) is 2.20. The fourth-order valence-electron chi connectivity index (χ4n) is 2.88. The van der Waals surface area contributed by atoms with Crippen LogP contribution in [0.25, 0.3) is 0 Å². The van der Waals surface area contributed by atoms with Gasteiger partial charge in [0.05, 0.1) is 17.4 Å². The normalized spacial score (nSPS) is 14.9. The van der Waals surface area contributed by atoms with E-state index < -0.39 is 0 Å². The molecule has 0 aliphatic carbocycles. The minimum absolute atomic E-state index is 0. The van der Waals surface area contributed by atoms with Crippen molar-refractivity contribution in [1.82, 2.24) is 20.3 Å². The van der Waals surface area contributed by atoms with Crippen molar-refractivity contribution in [2.24, 2.45) is 0 Å². The summed E-state index contributed by atoms with van der Waals surface area (Å²) in [7, 11) is 0. The van der Waals surface area contributed by atoms with E-state index >= 15 is 0 Å². The fourth-order valence-corrected chi connectivity index (χ4v) is 2.88. The van der Waals surface area contributed by atoms with Crippen molar-refractivity contribution >= 4 is 24.0 Å². The van der Waals surface area contributed by atoms with E-state index in [1.165, 1.54) is 0 Å². The van der Waals surface area contributed by atoms with Crippen LogP contribution in [-0.2, 0) is 0 Å². The number of carbonyl (C=O) groups excluding carboxylic acids is 1. The van der Waals surface area contributed by atoms with Crippen LogP contribution in [0.1, 0.15) is 40.6 Å². The minimum atomic E-state index is -0.358. The van der Waals surface area contributed by atoms with E-state index in [0.29, 0.717) is 11.4 Å². The average molecular weight is 352 g/mol. The van der Waals surface area contributed by atoms with Gasteiger partial charge in [0.2, 0.25) is 0 Å². The van der Waals surface area contributed by atoms with E-state index in [4.69, 9.17) is 0 Å². The Labute approximate surface area is 146 Å². The number of aryl methyl sites for hydroxylation is 1. The third kappa shape index (κ3) is 3.68. The summed E-state index contributed by atoms with van der Waals surface area (Å²) in [6.45, 7) is 5.64. The Bertz CT molecular complexity index is 725. The Balaban J connectivity index is 0.00000208. The summed E-state index contributed by atoms with van der Waals surface area (Å²) < 4.78 is 1.84. The number of nitrogens with one attached hydrogen (secondary N) is 2. The van der Waals surface area contributed by atoms with Gasteiger partial charge in [-0.05, 0) is 57.5 Å². The van der Waals surface area contributed by atoms with Crippen LogP contribution >= 0.6 is 12.4 Å². The second kappa shape index (κ2) is 7.63. The second-order valence-electron chi connectivity index (χ2n) is 5.92. The van der Waals surface area contributed by atoms with Crippen LogP contribution in [0.2, 0.25) is 0 Å². The van der Waals surface area contributed by atoms with Crippen LogP contribution in [0.4, 0.5) is 5.69 Å². The van der Waals surface area contributed by atoms with Gasteiger partial charge in [-0.1, -0.05) is 11.3 Å². The third-order valence-electron chi connectivity index (χ3n) is 4.20. The van der Waals surface area contributed by atoms with Crippen LogP contribution in [0.15, 0.2) is 18.2 Å². The first-order chi connectivity index (χ1) is 11.1. The molecular formula is C16H22ClN5O2. The molecule has 1 aliphatic rings. The topological polar surface area (TPSA) is 92.1 Å². The molecule has 0 radical (unpaired) electrons. The summed E-state index contributed by atoms with van der Waals surface area (Å²) in [5, 5.41) is 24.1. The van der Waals surface area contributed by atoms with Crippen LogP contribution < -0.4 is 10.6 Å². The largest absolute Gasteiger partial charge is 0.506 e. The number of carbonyl (C=O) groups is 1.